The first kappa shape index (κ1) is 14.9. The van der Waals surface area contributed by atoms with Gasteiger partial charge in [-0.3, -0.25) is 4.79 Å². The number of aliphatic hydroxyl groups is 4. The van der Waals surface area contributed by atoms with Crippen molar-refractivity contribution in [2.24, 2.45) is 0 Å². The van der Waals surface area contributed by atoms with Gasteiger partial charge in [0.2, 0.25) is 0 Å². The molecule has 0 unspecified atom stereocenters. The summed E-state index contributed by atoms with van der Waals surface area (Å²) in [5.41, 5.74) is 0.352. The number of amides is 1. The zero-order valence-electron chi connectivity index (χ0n) is 10.6. The quantitative estimate of drug-likeness (QED) is 0.447. The third-order valence-corrected chi connectivity index (χ3v) is 3.23. The largest absolute Gasteiger partial charge is 0.394 e. The molecular weight excluding hydrogens is 266 g/mol. The molecule has 20 heavy (non-hydrogen) atoms. The Balaban J connectivity index is 2.07. The molecule has 0 saturated carbocycles. The van der Waals surface area contributed by atoms with E-state index >= 15 is 0 Å². The summed E-state index contributed by atoms with van der Waals surface area (Å²) < 4.78 is 4.95. The highest BCUT2D eigenvalue weighted by Crippen LogP contribution is 2.20. The highest BCUT2D eigenvalue weighted by molar-refractivity contribution is 5.94. The maximum absolute atomic E-state index is 11.9. The molecule has 1 aliphatic rings. The van der Waals surface area contributed by atoms with Gasteiger partial charge in [-0.1, -0.05) is 18.2 Å². The van der Waals surface area contributed by atoms with Gasteiger partial charge < -0.3 is 30.5 Å². The van der Waals surface area contributed by atoms with E-state index in [1.54, 1.807) is 30.3 Å². The lowest BCUT2D eigenvalue weighted by Crippen LogP contribution is -2.64. The molecule has 5 atom stereocenters. The van der Waals surface area contributed by atoms with Crippen LogP contribution in [-0.2, 0) is 4.74 Å². The van der Waals surface area contributed by atoms with Crippen LogP contribution in [0.25, 0.3) is 0 Å². The van der Waals surface area contributed by atoms with Crippen molar-refractivity contribution in [1.29, 1.82) is 0 Å². The van der Waals surface area contributed by atoms with Crippen LogP contribution in [0.2, 0.25) is 0 Å². The van der Waals surface area contributed by atoms with E-state index in [4.69, 9.17) is 9.84 Å². The topological polar surface area (TPSA) is 119 Å². The molecule has 2 rings (SSSR count). The highest BCUT2D eigenvalue weighted by Gasteiger charge is 2.44. The van der Waals surface area contributed by atoms with E-state index in [1.807, 2.05) is 0 Å². The second kappa shape index (κ2) is 6.29. The Hall–Kier alpha value is -1.51. The second-order valence-electron chi connectivity index (χ2n) is 4.59. The van der Waals surface area contributed by atoms with Crippen molar-refractivity contribution in [1.82, 2.24) is 5.32 Å². The predicted molar refractivity (Wildman–Crippen MR) is 67.7 cm³/mol. The van der Waals surface area contributed by atoms with Crippen molar-refractivity contribution in [3.05, 3.63) is 35.9 Å². The molecule has 0 bridgehead atoms. The number of ether oxygens (including phenoxy) is 1. The number of hydrogen-bond donors (Lipinski definition) is 5. The van der Waals surface area contributed by atoms with E-state index < -0.39 is 43.2 Å². The van der Waals surface area contributed by atoms with Crippen LogP contribution in [0.3, 0.4) is 0 Å². The molecular formula is C13H17NO6. The van der Waals surface area contributed by atoms with Crippen LogP contribution in [0.5, 0.6) is 0 Å². The maximum atomic E-state index is 11.9. The molecule has 5 N–H and O–H groups in total. The summed E-state index contributed by atoms with van der Waals surface area (Å²) in [4.78, 5) is 11.9. The number of carbonyl (C=O) groups is 1. The molecule has 110 valence electrons. The summed E-state index contributed by atoms with van der Waals surface area (Å²) in [5, 5.41) is 40.7. The molecule has 1 heterocycles. The summed E-state index contributed by atoms with van der Waals surface area (Å²) in [6.07, 6.45) is -5.45. The van der Waals surface area contributed by atoms with Gasteiger partial charge in [-0.05, 0) is 12.1 Å². The standard InChI is InChI=1S/C13H17NO6/c15-6-8-10(16)11(17)9(13(19)20-8)14-12(18)7-4-2-1-3-5-7/h1-5,8-11,13,15-17,19H,6H2,(H,14,18)/t8-,9+,10+,11+,13-/m1/s1. The Morgan fingerprint density at radius 1 is 1.15 bits per heavy atom. The van der Waals surface area contributed by atoms with Crippen LogP contribution in [0, 0.1) is 0 Å². The van der Waals surface area contributed by atoms with E-state index in [0.717, 1.165) is 0 Å². The summed E-state index contributed by atoms with van der Waals surface area (Å²) >= 11 is 0. The van der Waals surface area contributed by atoms with Gasteiger partial charge in [0, 0.05) is 5.56 Å². The van der Waals surface area contributed by atoms with Crippen molar-refractivity contribution in [2.75, 3.05) is 6.61 Å². The first-order chi connectivity index (χ1) is 9.54. The van der Waals surface area contributed by atoms with Crippen molar-refractivity contribution >= 4 is 5.91 Å². The zero-order valence-corrected chi connectivity index (χ0v) is 10.6. The molecule has 1 aromatic rings. The van der Waals surface area contributed by atoms with Gasteiger partial charge in [-0.2, -0.15) is 0 Å². The van der Waals surface area contributed by atoms with Crippen molar-refractivity contribution < 1.29 is 30.0 Å². The first-order valence-corrected chi connectivity index (χ1v) is 6.21. The third-order valence-electron chi connectivity index (χ3n) is 3.23. The zero-order chi connectivity index (χ0) is 14.7. The summed E-state index contributed by atoms with van der Waals surface area (Å²) in [6, 6.07) is 7.07. The average molecular weight is 283 g/mol. The Morgan fingerprint density at radius 3 is 2.40 bits per heavy atom. The van der Waals surface area contributed by atoms with E-state index in [0.29, 0.717) is 5.56 Å². The predicted octanol–water partition coefficient (Wildman–Crippen LogP) is -1.78. The Kier molecular flexibility index (Phi) is 4.69. The molecule has 0 aromatic heterocycles. The van der Waals surface area contributed by atoms with Crippen LogP contribution < -0.4 is 5.32 Å². The fourth-order valence-electron chi connectivity index (χ4n) is 2.08. The summed E-state index contributed by atoms with van der Waals surface area (Å²) in [6.45, 7) is -0.547. The Labute approximate surface area is 115 Å². The monoisotopic (exact) mass is 283 g/mol. The SMILES string of the molecule is O=C(N[C@H]1[C@H](O)[C@@H](O)[C@@H](CO)O[C@H]1O)c1ccccc1. The van der Waals surface area contributed by atoms with Gasteiger partial charge in [0.05, 0.1) is 6.61 Å². The molecule has 1 aromatic carbocycles. The highest BCUT2D eigenvalue weighted by atomic mass is 16.6. The molecule has 7 heteroatoms. The lowest BCUT2D eigenvalue weighted by Gasteiger charge is -2.40. The number of benzene rings is 1. The minimum atomic E-state index is -1.52. The van der Waals surface area contributed by atoms with Crippen LogP contribution in [0.1, 0.15) is 10.4 Å². The molecule has 7 nitrogen and oxygen atoms in total. The van der Waals surface area contributed by atoms with Crippen LogP contribution in [-0.4, -0.2) is 63.6 Å². The average Bonchev–Trinajstić information content (AvgIpc) is 2.48. The molecule has 0 spiro atoms. The minimum absolute atomic E-state index is 0.352. The maximum Gasteiger partial charge on any atom is 0.251 e. The van der Waals surface area contributed by atoms with Gasteiger partial charge in [-0.25, -0.2) is 0 Å². The molecule has 0 radical (unpaired) electrons. The van der Waals surface area contributed by atoms with Gasteiger partial charge in [0.25, 0.3) is 5.91 Å². The Morgan fingerprint density at radius 2 is 1.80 bits per heavy atom. The smallest absolute Gasteiger partial charge is 0.251 e. The molecule has 1 fully saturated rings. The summed E-state index contributed by atoms with van der Waals surface area (Å²) in [7, 11) is 0. The van der Waals surface area contributed by atoms with E-state index in [9.17, 15) is 20.1 Å². The van der Waals surface area contributed by atoms with Crippen molar-refractivity contribution in [3.63, 3.8) is 0 Å². The number of nitrogens with one attached hydrogen (secondary N) is 1. The number of hydrogen-bond acceptors (Lipinski definition) is 6. The van der Waals surface area contributed by atoms with Crippen LogP contribution in [0.4, 0.5) is 0 Å². The van der Waals surface area contributed by atoms with Crippen LogP contribution >= 0.6 is 0 Å². The van der Waals surface area contributed by atoms with Gasteiger partial charge >= 0.3 is 0 Å². The Bertz CT molecular complexity index is 453. The molecule has 1 amide bonds. The number of carbonyl (C=O) groups excluding carboxylic acids is 1. The van der Waals surface area contributed by atoms with Crippen molar-refractivity contribution in [2.45, 2.75) is 30.6 Å². The molecule has 1 aliphatic heterocycles. The van der Waals surface area contributed by atoms with E-state index in [1.165, 1.54) is 0 Å². The van der Waals surface area contributed by atoms with E-state index in [-0.39, 0.29) is 0 Å². The second-order valence-corrected chi connectivity index (χ2v) is 4.59. The fraction of sp³-hybridized carbons (Fsp3) is 0.462. The van der Waals surface area contributed by atoms with Crippen molar-refractivity contribution in [3.8, 4) is 0 Å². The van der Waals surface area contributed by atoms with Gasteiger partial charge in [-0.15, -0.1) is 0 Å². The van der Waals surface area contributed by atoms with Gasteiger partial charge in [0.1, 0.15) is 24.4 Å². The minimum Gasteiger partial charge on any atom is -0.394 e. The lowest BCUT2D eigenvalue weighted by atomic mass is 9.97. The number of aliphatic hydroxyl groups excluding tert-OH is 4. The third kappa shape index (κ3) is 2.97. The molecule has 0 aliphatic carbocycles. The summed E-state index contributed by atoms with van der Waals surface area (Å²) in [5.74, 6) is -0.507. The lowest BCUT2D eigenvalue weighted by molar-refractivity contribution is -0.252. The first-order valence-electron chi connectivity index (χ1n) is 6.21. The molecule has 1 saturated heterocycles. The number of rotatable bonds is 3. The van der Waals surface area contributed by atoms with Crippen LogP contribution in [0.15, 0.2) is 30.3 Å². The fourth-order valence-corrected chi connectivity index (χ4v) is 2.08. The van der Waals surface area contributed by atoms with Gasteiger partial charge in [0.15, 0.2) is 6.29 Å². The van der Waals surface area contributed by atoms with E-state index in [2.05, 4.69) is 5.32 Å². The normalized spacial score (nSPS) is 33.7.